The van der Waals surface area contributed by atoms with Crippen molar-refractivity contribution in [3.63, 3.8) is 0 Å². The molecule has 0 saturated carbocycles. The van der Waals surface area contributed by atoms with Gasteiger partial charge in [-0.05, 0) is 23.8 Å². The molecular weight excluding hydrogens is 286 g/mol. The summed E-state index contributed by atoms with van der Waals surface area (Å²) in [7, 11) is 1.59. The Bertz CT molecular complexity index is 740. The summed E-state index contributed by atoms with van der Waals surface area (Å²) in [6.07, 6.45) is 0. The van der Waals surface area contributed by atoms with E-state index in [1.54, 1.807) is 13.2 Å². The largest absolute Gasteiger partial charge is 0.495 e. The van der Waals surface area contributed by atoms with E-state index in [1.807, 2.05) is 48.5 Å². The third kappa shape index (κ3) is 3.01. The molecule has 1 aromatic heterocycles. The van der Waals surface area contributed by atoms with E-state index in [4.69, 9.17) is 16.3 Å². The smallest absolute Gasteiger partial charge is 0.152 e. The molecule has 21 heavy (non-hydrogen) atoms. The second-order valence-electron chi connectivity index (χ2n) is 4.51. The Labute approximate surface area is 127 Å². The van der Waals surface area contributed by atoms with Crippen LogP contribution in [0.4, 0.5) is 11.5 Å². The number of aromatic nitrogens is 2. The van der Waals surface area contributed by atoms with Gasteiger partial charge in [0.25, 0.3) is 0 Å². The number of nitrogens with zero attached hydrogens (tertiary/aromatic N) is 1. The SMILES string of the molecule is COc1ccc(Nc2cc(-c3ccccc3)[nH]n2)cc1Cl. The number of aromatic amines is 1. The standard InChI is InChI=1S/C16H14ClN3O/c1-21-15-8-7-12(9-13(15)17)18-16-10-14(19-20-16)11-5-3-2-4-6-11/h2-10H,1H3,(H2,18,19,20). The molecule has 2 aromatic carbocycles. The summed E-state index contributed by atoms with van der Waals surface area (Å²) in [5.41, 5.74) is 2.90. The minimum absolute atomic E-state index is 0.557. The fourth-order valence-corrected chi connectivity index (χ4v) is 2.30. The predicted molar refractivity (Wildman–Crippen MR) is 85.3 cm³/mol. The summed E-state index contributed by atoms with van der Waals surface area (Å²) < 4.78 is 5.13. The number of anilines is 2. The van der Waals surface area contributed by atoms with Crippen LogP contribution in [0.25, 0.3) is 11.3 Å². The lowest BCUT2D eigenvalue weighted by molar-refractivity contribution is 0.415. The number of halogens is 1. The molecule has 0 spiro atoms. The van der Waals surface area contributed by atoms with E-state index in [2.05, 4.69) is 15.5 Å². The van der Waals surface area contributed by atoms with Gasteiger partial charge in [0, 0.05) is 11.8 Å². The summed E-state index contributed by atoms with van der Waals surface area (Å²) in [5, 5.41) is 11.0. The Morgan fingerprint density at radius 2 is 1.90 bits per heavy atom. The lowest BCUT2D eigenvalue weighted by atomic mass is 10.1. The molecule has 1 heterocycles. The Morgan fingerprint density at radius 1 is 1.10 bits per heavy atom. The number of hydrogen-bond donors (Lipinski definition) is 2. The highest BCUT2D eigenvalue weighted by Gasteiger charge is 2.05. The molecule has 0 amide bonds. The van der Waals surface area contributed by atoms with Crippen LogP contribution in [0.15, 0.2) is 54.6 Å². The van der Waals surface area contributed by atoms with Gasteiger partial charge in [0.05, 0.1) is 17.8 Å². The number of hydrogen-bond acceptors (Lipinski definition) is 3. The van der Waals surface area contributed by atoms with E-state index >= 15 is 0 Å². The minimum Gasteiger partial charge on any atom is -0.495 e. The zero-order chi connectivity index (χ0) is 14.7. The number of nitrogens with one attached hydrogen (secondary N) is 2. The Hall–Kier alpha value is -2.46. The number of ether oxygens (including phenoxy) is 1. The Morgan fingerprint density at radius 3 is 2.62 bits per heavy atom. The highest BCUT2D eigenvalue weighted by atomic mass is 35.5. The second kappa shape index (κ2) is 5.89. The van der Waals surface area contributed by atoms with Gasteiger partial charge in [-0.3, -0.25) is 5.10 Å². The third-order valence-electron chi connectivity index (χ3n) is 3.09. The second-order valence-corrected chi connectivity index (χ2v) is 4.91. The summed E-state index contributed by atoms with van der Waals surface area (Å²) in [6.45, 7) is 0. The zero-order valence-electron chi connectivity index (χ0n) is 11.4. The lowest BCUT2D eigenvalue weighted by Crippen LogP contribution is -1.91. The molecule has 3 rings (SSSR count). The van der Waals surface area contributed by atoms with E-state index in [1.165, 1.54) is 0 Å². The quantitative estimate of drug-likeness (QED) is 0.746. The fourth-order valence-electron chi connectivity index (χ4n) is 2.04. The van der Waals surface area contributed by atoms with Gasteiger partial charge in [0.15, 0.2) is 5.82 Å². The van der Waals surface area contributed by atoms with Crippen LogP contribution < -0.4 is 10.1 Å². The van der Waals surface area contributed by atoms with Crippen molar-refractivity contribution in [1.29, 1.82) is 0 Å². The Kier molecular flexibility index (Phi) is 3.79. The Balaban J connectivity index is 1.80. The van der Waals surface area contributed by atoms with Crippen LogP contribution >= 0.6 is 11.6 Å². The van der Waals surface area contributed by atoms with Crippen molar-refractivity contribution in [3.05, 3.63) is 59.6 Å². The van der Waals surface area contributed by atoms with Crippen molar-refractivity contribution in [3.8, 4) is 17.0 Å². The van der Waals surface area contributed by atoms with Crippen LogP contribution in [0.2, 0.25) is 5.02 Å². The monoisotopic (exact) mass is 299 g/mol. The third-order valence-corrected chi connectivity index (χ3v) is 3.38. The van der Waals surface area contributed by atoms with Gasteiger partial charge in [-0.1, -0.05) is 41.9 Å². The molecule has 0 fully saturated rings. The van der Waals surface area contributed by atoms with Gasteiger partial charge in [-0.25, -0.2) is 0 Å². The van der Waals surface area contributed by atoms with Crippen molar-refractivity contribution in [2.45, 2.75) is 0 Å². The molecule has 0 bridgehead atoms. The van der Waals surface area contributed by atoms with Gasteiger partial charge < -0.3 is 10.1 Å². The molecule has 0 radical (unpaired) electrons. The minimum atomic E-state index is 0.557. The summed E-state index contributed by atoms with van der Waals surface area (Å²) >= 11 is 6.10. The van der Waals surface area contributed by atoms with Crippen LogP contribution in [0, 0.1) is 0 Å². The van der Waals surface area contributed by atoms with Gasteiger partial charge in [-0.15, -0.1) is 0 Å². The summed E-state index contributed by atoms with van der Waals surface area (Å²) in [4.78, 5) is 0. The maximum atomic E-state index is 6.10. The lowest BCUT2D eigenvalue weighted by Gasteiger charge is -2.06. The van der Waals surface area contributed by atoms with Crippen LogP contribution in [-0.2, 0) is 0 Å². The molecule has 0 atom stereocenters. The molecule has 0 aliphatic rings. The topological polar surface area (TPSA) is 49.9 Å². The number of methoxy groups -OCH3 is 1. The van der Waals surface area contributed by atoms with E-state index in [0.29, 0.717) is 10.8 Å². The van der Waals surface area contributed by atoms with Gasteiger partial charge >= 0.3 is 0 Å². The van der Waals surface area contributed by atoms with Crippen molar-refractivity contribution in [2.75, 3.05) is 12.4 Å². The van der Waals surface area contributed by atoms with Crippen molar-refractivity contribution in [2.24, 2.45) is 0 Å². The molecule has 0 aliphatic heterocycles. The van der Waals surface area contributed by atoms with E-state index < -0.39 is 0 Å². The van der Waals surface area contributed by atoms with E-state index in [9.17, 15) is 0 Å². The average molecular weight is 300 g/mol. The first kappa shape index (κ1) is 13.5. The molecule has 0 aliphatic carbocycles. The van der Waals surface area contributed by atoms with Crippen LogP contribution in [-0.4, -0.2) is 17.3 Å². The molecule has 106 valence electrons. The fraction of sp³-hybridized carbons (Fsp3) is 0.0625. The number of rotatable bonds is 4. The number of H-pyrrole nitrogens is 1. The van der Waals surface area contributed by atoms with Gasteiger partial charge in [0.2, 0.25) is 0 Å². The highest BCUT2D eigenvalue weighted by Crippen LogP contribution is 2.29. The first-order valence-corrected chi connectivity index (χ1v) is 6.85. The molecule has 0 saturated heterocycles. The van der Waals surface area contributed by atoms with Gasteiger partial charge in [0.1, 0.15) is 5.75 Å². The molecule has 4 nitrogen and oxygen atoms in total. The van der Waals surface area contributed by atoms with Gasteiger partial charge in [-0.2, -0.15) is 5.10 Å². The summed E-state index contributed by atoms with van der Waals surface area (Å²) in [6, 6.07) is 17.5. The molecule has 5 heteroatoms. The predicted octanol–water partition coefficient (Wildman–Crippen LogP) is 4.48. The van der Waals surface area contributed by atoms with Crippen molar-refractivity contribution >= 4 is 23.1 Å². The highest BCUT2D eigenvalue weighted by molar-refractivity contribution is 6.32. The van der Waals surface area contributed by atoms with Crippen LogP contribution in [0.1, 0.15) is 0 Å². The zero-order valence-corrected chi connectivity index (χ0v) is 12.2. The first-order chi connectivity index (χ1) is 10.3. The maximum Gasteiger partial charge on any atom is 0.152 e. The van der Waals surface area contributed by atoms with Crippen LogP contribution in [0.5, 0.6) is 5.75 Å². The van der Waals surface area contributed by atoms with Crippen molar-refractivity contribution < 1.29 is 4.74 Å². The normalized spacial score (nSPS) is 10.4. The molecule has 2 N–H and O–H groups in total. The molecular formula is C16H14ClN3O. The maximum absolute atomic E-state index is 6.10. The van der Waals surface area contributed by atoms with E-state index in [-0.39, 0.29) is 0 Å². The number of benzene rings is 2. The molecule has 3 aromatic rings. The van der Waals surface area contributed by atoms with E-state index in [0.717, 1.165) is 22.8 Å². The first-order valence-electron chi connectivity index (χ1n) is 6.47. The molecule has 0 unspecified atom stereocenters. The average Bonchev–Trinajstić information content (AvgIpc) is 2.97. The summed E-state index contributed by atoms with van der Waals surface area (Å²) in [5.74, 6) is 1.38. The van der Waals surface area contributed by atoms with Crippen LogP contribution in [0.3, 0.4) is 0 Å². The van der Waals surface area contributed by atoms with Crippen molar-refractivity contribution in [1.82, 2.24) is 10.2 Å².